The Labute approximate surface area is 178 Å². The van der Waals surface area contributed by atoms with E-state index in [4.69, 9.17) is 0 Å². The molecule has 1 N–H and O–H groups in total. The van der Waals surface area contributed by atoms with Crippen LogP contribution in [0.25, 0.3) is 63.9 Å². The standard InChI is InChI=1S/C28H17NS.H2/c1-2-8-18-17(7-1)15-16-22-21-12-5-11-20(28(21)29-27(18)22)19-10-6-14-25-26(19)23-9-3-4-13-24(23)30-25;/h1-16,29H;1H. The molecular weight excluding hydrogens is 382 g/mol. The predicted molar refractivity (Wildman–Crippen MR) is 134 cm³/mol. The Bertz CT molecular complexity index is 1760. The van der Waals surface area contributed by atoms with Crippen molar-refractivity contribution in [2.24, 2.45) is 0 Å². The van der Waals surface area contributed by atoms with Crippen LogP contribution in [0, 0.1) is 0 Å². The zero-order valence-electron chi connectivity index (χ0n) is 16.1. The molecule has 0 saturated carbocycles. The molecule has 5 aromatic carbocycles. The highest BCUT2D eigenvalue weighted by Crippen LogP contribution is 2.43. The molecule has 0 amide bonds. The molecule has 0 bridgehead atoms. The van der Waals surface area contributed by atoms with E-state index in [1.807, 2.05) is 11.3 Å². The molecule has 1 nitrogen and oxygen atoms in total. The number of nitrogens with one attached hydrogen (secondary N) is 1. The first-order valence-electron chi connectivity index (χ1n) is 10.2. The van der Waals surface area contributed by atoms with E-state index < -0.39 is 0 Å². The lowest BCUT2D eigenvalue weighted by Crippen LogP contribution is -1.82. The number of hydrogen-bond donors (Lipinski definition) is 1. The highest BCUT2D eigenvalue weighted by molar-refractivity contribution is 7.25. The lowest BCUT2D eigenvalue weighted by molar-refractivity contribution is 1.56. The molecule has 0 unspecified atom stereocenters. The predicted octanol–water partition coefficient (Wildman–Crippen LogP) is 8.76. The second kappa shape index (κ2) is 5.94. The van der Waals surface area contributed by atoms with Crippen molar-refractivity contribution >= 4 is 64.1 Å². The van der Waals surface area contributed by atoms with Crippen LogP contribution >= 0.6 is 11.3 Å². The fourth-order valence-corrected chi connectivity index (χ4v) is 6.02. The first-order valence-corrected chi connectivity index (χ1v) is 11.0. The lowest BCUT2D eigenvalue weighted by Gasteiger charge is -2.06. The van der Waals surface area contributed by atoms with Gasteiger partial charge in [-0.3, -0.25) is 0 Å². The largest absolute Gasteiger partial charge is 0.353 e. The zero-order chi connectivity index (χ0) is 19.7. The van der Waals surface area contributed by atoms with Gasteiger partial charge in [0.25, 0.3) is 0 Å². The average Bonchev–Trinajstić information content (AvgIpc) is 3.37. The van der Waals surface area contributed by atoms with Gasteiger partial charge in [0.2, 0.25) is 0 Å². The maximum Gasteiger partial charge on any atom is 0.0544 e. The number of fused-ring (bicyclic) bond motifs is 8. The van der Waals surface area contributed by atoms with E-state index in [-0.39, 0.29) is 1.43 Å². The van der Waals surface area contributed by atoms with E-state index in [2.05, 4.69) is 102 Å². The van der Waals surface area contributed by atoms with Gasteiger partial charge in [-0.25, -0.2) is 0 Å². The van der Waals surface area contributed by atoms with Crippen LogP contribution in [-0.2, 0) is 0 Å². The second-order valence-electron chi connectivity index (χ2n) is 7.84. The van der Waals surface area contributed by atoms with Crippen LogP contribution in [0.4, 0.5) is 0 Å². The summed E-state index contributed by atoms with van der Waals surface area (Å²) >= 11 is 1.87. The summed E-state index contributed by atoms with van der Waals surface area (Å²) in [7, 11) is 0. The Balaban J connectivity index is 0.00000185. The zero-order valence-corrected chi connectivity index (χ0v) is 17.0. The quantitative estimate of drug-likeness (QED) is 0.283. The third-order valence-corrected chi connectivity index (χ3v) is 7.36. The highest BCUT2D eigenvalue weighted by atomic mass is 32.1. The molecule has 0 spiro atoms. The van der Waals surface area contributed by atoms with Crippen LogP contribution in [0.5, 0.6) is 0 Å². The van der Waals surface area contributed by atoms with Crippen molar-refractivity contribution in [3.8, 4) is 11.1 Å². The van der Waals surface area contributed by atoms with E-state index in [1.165, 1.54) is 63.9 Å². The van der Waals surface area contributed by atoms with Crippen molar-refractivity contribution in [2.75, 3.05) is 0 Å². The number of rotatable bonds is 1. The molecule has 0 saturated heterocycles. The lowest BCUT2D eigenvalue weighted by atomic mass is 9.97. The van der Waals surface area contributed by atoms with Gasteiger partial charge in [0.1, 0.15) is 0 Å². The monoisotopic (exact) mass is 401 g/mol. The summed E-state index contributed by atoms with van der Waals surface area (Å²) in [4.78, 5) is 3.80. The topological polar surface area (TPSA) is 15.8 Å². The Morgan fingerprint density at radius 2 is 1.20 bits per heavy atom. The van der Waals surface area contributed by atoms with Crippen LogP contribution in [0.2, 0.25) is 0 Å². The molecule has 0 fully saturated rings. The van der Waals surface area contributed by atoms with Crippen molar-refractivity contribution in [2.45, 2.75) is 0 Å². The van der Waals surface area contributed by atoms with Crippen LogP contribution < -0.4 is 0 Å². The van der Waals surface area contributed by atoms with Crippen molar-refractivity contribution in [1.82, 2.24) is 4.98 Å². The number of hydrogen-bond acceptors (Lipinski definition) is 1. The van der Waals surface area contributed by atoms with Gasteiger partial charge >= 0.3 is 0 Å². The molecule has 2 heteroatoms. The molecule has 0 aliphatic heterocycles. The molecule has 0 aliphatic carbocycles. The number of aromatic amines is 1. The fraction of sp³-hybridized carbons (Fsp3) is 0. The van der Waals surface area contributed by atoms with Gasteiger partial charge in [-0.15, -0.1) is 11.3 Å². The normalized spacial score (nSPS) is 12.0. The van der Waals surface area contributed by atoms with Gasteiger partial charge < -0.3 is 4.98 Å². The Kier molecular flexibility index (Phi) is 3.21. The Morgan fingerprint density at radius 1 is 0.500 bits per heavy atom. The summed E-state index contributed by atoms with van der Waals surface area (Å²) in [5.41, 5.74) is 5.00. The van der Waals surface area contributed by atoms with Gasteiger partial charge in [-0.1, -0.05) is 84.9 Å². The van der Waals surface area contributed by atoms with Crippen LogP contribution in [0.3, 0.4) is 0 Å². The minimum absolute atomic E-state index is 0. The van der Waals surface area contributed by atoms with Gasteiger partial charge in [-0.2, -0.15) is 0 Å². The van der Waals surface area contributed by atoms with E-state index in [1.54, 1.807) is 0 Å². The summed E-state index contributed by atoms with van der Waals surface area (Å²) in [5, 5.41) is 7.80. The summed E-state index contributed by atoms with van der Waals surface area (Å²) < 4.78 is 2.68. The first-order chi connectivity index (χ1) is 14.9. The number of para-hydroxylation sites is 1. The molecule has 7 aromatic rings. The van der Waals surface area contributed by atoms with Gasteiger partial charge in [0.15, 0.2) is 0 Å². The van der Waals surface area contributed by atoms with E-state index >= 15 is 0 Å². The summed E-state index contributed by atoms with van der Waals surface area (Å²) in [6.07, 6.45) is 0. The number of aromatic nitrogens is 1. The molecule has 2 heterocycles. The number of thiophene rings is 1. The molecule has 142 valence electrons. The number of H-pyrrole nitrogens is 1. The third kappa shape index (κ3) is 2.11. The van der Waals surface area contributed by atoms with E-state index in [9.17, 15) is 0 Å². The summed E-state index contributed by atoms with van der Waals surface area (Å²) in [6.45, 7) is 0. The Morgan fingerprint density at radius 3 is 2.17 bits per heavy atom. The van der Waals surface area contributed by atoms with Gasteiger partial charge in [0.05, 0.1) is 11.0 Å². The molecular formula is C28H19NS. The van der Waals surface area contributed by atoms with Crippen LogP contribution in [-0.4, -0.2) is 4.98 Å². The van der Waals surface area contributed by atoms with Crippen molar-refractivity contribution in [3.05, 3.63) is 97.1 Å². The first kappa shape index (κ1) is 16.2. The second-order valence-corrected chi connectivity index (χ2v) is 8.92. The summed E-state index contributed by atoms with van der Waals surface area (Å²) in [5.74, 6) is 0. The molecule has 0 aliphatic rings. The van der Waals surface area contributed by atoms with Gasteiger partial charge in [0, 0.05) is 43.3 Å². The van der Waals surface area contributed by atoms with Crippen LogP contribution in [0.15, 0.2) is 97.1 Å². The van der Waals surface area contributed by atoms with E-state index in [0.717, 1.165) is 0 Å². The smallest absolute Gasteiger partial charge is 0.0544 e. The summed E-state index contributed by atoms with van der Waals surface area (Å²) in [6, 6.07) is 35.2. The molecule has 7 rings (SSSR count). The fourth-order valence-electron chi connectivity index (χ4n) is 4.89. The minimum Gasteiger partial charge on any atom is -0.353 e. The average molecular weight is 402 g/mol. The van der Waals surface area contributed by atoms with Crippen molar-refractivity contribution < 1.29 is 1.43 Å². The third-order valence-electron chi connectivity index (χ3n) is 6.23. The minimum atomic E-state index is 0. The number of benzene rings is 5. The molecule has 2 aromatic heterocycles. The van der Waals surface area contributed by atoms with Crippen molar-refractivity contribution in [1.29, 1.82) is 0 Å². The van der Waals surface area contributed by atoms with E-state index in [0.29, 0.717) is 0 Å². The van der Waals surface area contributed by atoms with Crippen molar-refractivity contribution in [3.63, 3.8) is 0 Å². The Hall–Kier alpha value is -3.62. The van der Waals surface area contributed by atoms with Gasteiger partial charge in [-0.05, 0) is 23.1 Å². The highest BCUT2D eigenvalue weighted by Gasteiger charge is 2.15. The molecule has 0 radical (unpaired) electrons. The maximum atomic E-state index is 3.80. The molecule has 0 atom stereocenters. The SMILES string of the molecule is [HH].c1ccc2c(c1)ccc1c3cccc(-c4cccc5sc6ccccc6c45)c3[nH]c21. The molecule has 30 heavy (non-hydrogen) atoms. The van der Waals surface area contributed by atoms with Crippen LogP contribution in [0.1, 0.15) is 1.43 Å². The maximum absolute atomic E-state index is 3.80.